The second-order valence-corrected chi connectivity index (χ2v) is 8.66. The summed E-state index contributed by atoms with van der Waals surface area (Å²) in [5, 5.41) is 11.2. The van der Waals surface area contributed by atoms with E-state index in [2.05, 4.69) is 28.9 Å². The first-order valence-electron chi connectivity index (χ1n) is 11.1. The summed E-state index contributed by atoms with van der Waals surface area (Å²) in [6.45, 7) is 2.89. The fourth-order valence-electron chi connectivity index (χ4n) is 4.58. The Morgan fingerprint density at radius 1 is 1.23 bits per heavy atom. The Morgan fingerprint density at radius 2 is 2.00 bits per heavy atom. The molecule has 1 unspecified atom stereocenters. The van der Waals surface area contributed by atoms with Gasteiger partial charge >= 0.3 is 0 Å². The van der Waals surface area contributed by atoms with Crippen molar-refractivity contribution in [3.8, 4) is 11.8 Å². The second kappa shape index (κ2) is 9.74. The number of hydrogen-bond acceptors (Lipinski definition) is 5. The number of hydrogen-bond donors (Lipinski definition) is 1. The minimum absolute atomic E-state index is 0.0716. The Balaban J connectivity index is 1.58. The average Bonchev–Trinajstić information content (AvgIpc) is 2.79. The van der Waals surface area contributed by atoms with E-state index in [9.17, 15) is 9.90 Å². The van der Waals surface area contributed by atoms with Gasteiger partial charge in [-0.25, -0.2) is 0 Å². The van der Waals surface area contributed by atoms with Crippen LogP contribution in [-0.4, -0.2) is 59.7 Å². The van der Waals surface area contributed by atoms with Crippen LogP contribution < -0.4 is 0 Å². The van der Waals surface area contributed by atoms with Crippen LogP contribution >= 0.6 is 0 Å². The van der Waals surface area contributed by atoms with Crippen LogP contribution in [0.5, 0.6) is 0 Å². The summed E-state index contributed by atoms with van der Waals surface area (Å²) >= 11 is 0. The lowest BCUT2D eigenvalue weighted by Gasteiger charge is -2.47. The monoisotopic (exact) mass is 418 g/mol. The van der Waals surface area contributed by atoms with Crippen molar-refractivity contribution in [3.63, 3.8) is 0 Å². The molecule has 0 radical (unpaired) electrons. The largest absolute Gasteiger partial charge is 0.377 e. The molecule has 162 valence electrons. The van der Waals surface area contributed by atoms with Gasteiger partial charge in [-0.2, -0.15) is 0 Å². The molecule has 2 aromatic rings. The number of pyridine rings is 1. The number of piperidine rings is 3. The molecule has 1 aromatic carbocycles. The van der Waals surface area contributed by atoms with Gasteiger partial charge in [-0.05, 0) is 50.0 Å². The van der Waals surface area contributed by atoms with Gasteiger partial charge in [0.05, 0.1) is 5.69 Å². The van der Waals surface area contributed by atoms with E-state index in [0.29, 0.717) is 25.8 Å². The van der Waals surface area contributed by atoms with Gasteiger partial charge in [0.15, 0.2) is 5.78 Å². The number of rotatable bonds is 7. The minimum Gasteiger partial charge on any atom is -0.377 e. The van der Waals surface area contributed by atoms with Crippen LogP contribution in [0, 0.1) is 17.8 Å². The van der Waals surface area contributed by atoms with Gasteiger partial charge in [0.25, 0.3) is 0 Å². The zero-order chi connectivity index (χ0) is 21.7. The highest BCUT2D eigenvalue weighted by Gasteiger charge is 2.44. The van der Waals surface area contributed by atoms with Crippen molar-refractivity contribution >= 4 is 5.78 Å². The Bertz CT molecular complexity index is 971. The van der Waals surface area contributed by atoms with Crippen molar-refractivity contribution in [2.45, 2.75) is 37.7 Å². The number of carbonyl (C=O) groups excluding carboxylic acids is 1. The SMILES string of the molecule is COCC(=O)CCc1ccc(C#CC2(O)CN3CCC2CC3)c(Cc2ccccc2)n1. The predicted molar refractivity (Wildman–Crippen MR) is 120 cm³/mol. The first kappa shape index (κ1) is 21.7. The van der Waals surface area contributed by atoms with E-state index < -0.39 is 5.60 Å². The van der Waals surface area contributed by atoms with Gasteiger partial charge in [-0.1, -0.05) is 42.2 Å². The standard InChI is InChI=1S/C26H30N2O3/c1-31-18-24(29)10-9-23-8-7-21(25(27-23)17-20-5-3-2-4-6-20)11-14-26(30)19-28-15-12-22(26)13-16-28/h2-8,22,30H,9-10,12-13,15-19H2,1H3. The number of aromatic nitrogens is 1. The number of nitrogens with zero attached hydrogens (tertiary/aromatic N) is 2. The van der Waals surface area contributed by atoms with Crippen molar-refractivity contribution in [2.24, 2.45) is 5.92 Å². The van der Waals surface area contributed by atoms with Crippen molar-refractivity contribution in [2.75, 3.05) is 33.4 Å². The molecule has 1 N–H and O–H groups in total. The molecule has 4 heterocycles. The van der Waals surface area contributed by atoms with Crippen molar-refractivity contribution in [1.82, 2.24) is 9.88 Å². The number of Topliss-reactive ketones (excluding diaryl/α,β-unsaturated/α-hetero) is 1. The van der Waals surface area contributed by atoms with Crippen LogP contribution in [-0.2, 0) is 22.4 Å². The molecule has 0 amide bonds. The van der Waals surface area contributed by atoms with E-state index in [1.807, 2.05) is 30.3 Å². The summed E-state index contributed by atoms with van der Waals surface area (Å²) in [5.74, 6) is 6.80. The fraction of sp³-hybridized carbons (Fsp3) is 0.462. The molecule has 2 bridgehead atoms. The summed E-state index contributed by atoms with van der Waals surface area (Å²) in [5.41, 5.74) is 2.84. The number of benzene rings is 1. The van der Waals surface area contributed by atoms with E-state index in [1.54, 1.807) is 0 Å². The van der Waals surface area contributed by atoms with Gasteiger partial charge in [-0.15, -0.1) is 0 Å². The average molecular weight is 419 g/mol. The molecule has 31 heavy (non-hydrogen) atoms. The van der Waals surface area contributed by atoms with Crippen LogP contribution in [0.25, 0.3) is 0 Å². The van der Waals surface area contributed by atoms with E-state index in [1.165, 1.54) is 7.11 Å². The Hall–Kier alpha value is -2.52. The van der Waals surface area contributed by atoms with Crippen LogP contribution in [0.15, 0.2) is 42.5 Å². The molecular formula is C26H30N2O3. The Labute approximate surface area is 184 Å². The number of ether oxygens (including phenoxy) is 1. The summed E-state index contributed by atoms with van der Waals surface area (Å²) in [6, 6.07) is 14.1. The summed E-state index contributed by atoms with van der Waals surface area (Å²) in [7, 11) is 1.53. The van der Waals surface area contributed by atoms with E-state index in [-0.39, 0.29) is 18.3 Å². The molecule has 3 fully saturated rings. The molecule has 0 spiro atoms. The number of ketones is 1. The molecule has 3 aliphatic heterocycles. The molecule has 5 rings (SSSR count). The molecule has 1 aromatic heterocycles. The first-order chi connectivity index (χ1) is 15.1. The lowest BCUT2D eigenvalue weighted by molar-refractivity contribution is -0.122. The summed E-state index contributed by atoms with van der Waals surface area (Å²) in [4.78, 5) is 19.0. The molecule has 0 saturated carbocycles. The summed E-state index contributed by atoms with van der Waals surface area (Å²) < 4.78 is 4.92. The predicted octanol–water partition coefficient (Wildman–Crippen LogP) is 2.63. The first-order valence-corrected chi connectivity index (χ1v) is 11.1. The maximum absolute atomic E-state index is 11.8. The van der Waals surface area contributed by atoms with Crippen LogP contribution in [0.4, 0.5) is 0 Å². The number of fused-ring (bicyclic) bond motifs is 3. The Kier molecular flexibility index (Phi) is 6.82. The lowest BCUT2D eigenvalue weighted by atomic mass is 9.75. The van der Waals surface area contributed by atoms with Crippen LogP contribution in [0.1, 0.15) is 41.8 Å². The molecule has 5 nitrogen and oxygen atoms in total. The molecule has 3 saturated heterocycles. The van der Waals surface area contributed by atoms with Gasteiger partial charge in [-0.3, -0.25) is 14.7 Å². The maximum atomic E-state index is 11.8. The third kappa shape index (κ3) is 5.40. The normalized spacial score (nSPS) is 24.5. The van der Waals surface area contributed by atoms with Crippen molar-refractivity contribution in [3.05, 3.63) is 65.0 Å². The molecule has 3 aliphatic rings. The van der Waals surface area contributed by atoms with E-state index >= 15 is 0 Å². The van der Waals surface area contributed by atoms with Crippen molar-refractivity contribution in [1.29, 1.82) is 0 Å². The molecule has 1 atom stereocenters. The number of carbonyl (C=O) groups is 1. The van der Waals surface area contributed by atoms with Crippen molar-refractivity contribution < 1.29 is 14.6 Å². The van der Waals surface area contributed by atoms with Crippen LogP contribution in [0.2, 0.25) is 0 Å². The maximum Gasteiger partial charge on any atom is 0.158 e. The molecular weight excluding hydrogens is 388 g/mol. The minimum atomic E-state index is -0.939. The zero-order valence-corrected chi connectivity index (χ0v) is 18.1. The number of methoxy groups -OCH3 is 1. The number of aliphatic hydroxyl groups is 1. The highest BCUT2D eigenvalue weighted by molar-refractivity contribution is 5.79. The zero-order valence-electron chi connectivity index (χ0n) is 18.1. The van der Waals surface area contributed by atoms with Gasteiger partial charge < -0.3 is 9.84 Å². The third-order valence-electron chi connectivity index (χ3n) is 6.35. The van der Waals surface area contributed by atoms with E-state index in [0.717, 1.165) is 48.4 Å². The quantitative estimate of drug-likeness (QED) is 0.701. The lowest BCUT2D eigenvalue weighted by Crippen LogP contribution is -2.58. The summed E-state index contributed by atoms with van der Waals surface area (Å²) in [6.07, 6.45) is 3.68. The highest BCUT2D eigenvalue weighted by Crippen LogP contribution is 2.35. The fourth-order valence-corrected chi connectivity index (χ4v) is 4.58. The highest BCUT2D eigenvalue weighted by atomic mass is 16.5. The number of aryl methyl sites for hydroxylation is 1. The van der Waals surface area contributed by atoms with Gasteiger partial charge in [0, 0.05) is 43.7 Å². The Morgan fingerprint density at radius 3 is 2.68 bits per heavy atom. The second-order valence-electron chi connectivity index (χ2n) is 8.66. The van der Waals surface area contributed by atoms with Crippen LogP contribution in [0.3, 0.4) is 0 Å². The van der Waals surface area contributed by atoms with Gasteiger partial charge in [0.1, 0.15) is 12.2 Å². The molecule has 5 heteroatoms. The topological polar surface area (TPSA) is 62.7 Å². The third-order valence-corrected chi connectivity index (χ3v) is 6.35. The van der Waals surface area contributed by atoms with E-state index in [4.69, 9.17) is 9.72 Å². The smallest absolute Gasteiger partial charge is 0.158 e. The molecule has 0 aliphatic carbocycles. The van der Waals surface area contributed by atoms with Gasteiger partial charge in [0.2, 0.25) is 0 Å².